The number of hydrogen-bond acceptors (Lipinski definition) is 4. The van der Waals surface area contributed by atoms with Crippen LogP contribution < -0.4 is 5.32 Å². The lowest BCUT2D eigenvalue weighted by atomic mass is 10.1. The number of fused-ring (bicyclic) bond motifs is 1. The van der Waals surface area contributed by atoms with Gasteiger partial charge in [-0.05, 0) is 31.4 Å². The number of carbonyl (C=O) groups is 1. The molecule has 2 aromatic rings. The van der Waals surface area contributed by atoms with Gasteiger partial charge in [-0.25, -0.2) is 18.2 Å². The van der Waals surface area contributed by atoms with E-state index in [1.165, 1.54) is 0 Å². The average Bonchev–Trinajstić information content (AvgIpc) is 3.23. The van der Waals surface area contributed by atoms with Crippen LogP contribution in [0, 0.1) is 0 Å². The Balaban J connectivity index is 1.30. The molecule has 2 aliphatic rings. The van der Waals surface area contributed by atoms with Crippen LogP contribution in [0.4, 0.5) is 4.79 Å². The van der Waals surface area contributed by atoms with E-state index in [1.807, 2.05) is 35.0 Å². The van der Waals surface area contributed by atoms with Gasteiger partial charge in [0, 0.05) is 51.0 Å². The van der Waals surface area contributed by atoms with Gasteiger partial charge in [-0.15, -0.1) is 0 Å². The largest absolute Gasteiger partial charge is 0.338 e. The minimum absolute atomic E-state index is 0.0876. The van der Waals surface area contributed by atoms with E-state index in [0.717, 1.165) is 24.2 Å². The Bertz CT molecular complexity index is 893. The molecule has 27 heavy (non-hydrogen) atoms. The summed E-state index contributed by atoms with van der Waals surface area (Å²) in [6, 6.07) is 5.63. The molecule has 1 atom stereocenters. The maximum Gasteiger partial charge on any atom is 0.317 e. The predicted molar refractivity (Wildman–Crippen MR) is 102 cm³/mol. The van der Waals surface area contributed by atoms with Crippen molar-refractivity contribution in [3.05, 3.63) is 36.3 Å². The summed E-state index contributed by atoms with van der Waals surface area (Å²) in [4.78, 5) is 18.8. The van der Waals surface area contributed by atoms with Crippen molar-refractivity contribution in [2.75, 3.05) is 31.9 Å². The van der Waals surface area contributed by atoms with E-state index in [4.69, 9.17) is 0 Å². The fourth-order valence-electron chi connectivity index (χ4n) is 3.96. The number of nitrogens with one attached hydrogen (secondary N) is 1. The maximum absolute atomic E-state index is 12.5. The van der Waals surface area contributed by atoms with Crippen molar-refractivity contribution in [3.63, 3.8) is 0 Å². The van der Waals surface area contributed by atoms with Gasteiger partial charge < -0.3 is 14.6 Å². The Morgan fingerprint density at radius 1 is 1.26 bits per heavy atom. The average molecular weight is 391 g/mol. The number of carbonyl (C=O) groups excluding carboxylic acids is 1. The molecule has 4 heterocycles. The highest BCUT2D eigenvalue weighted by Gasteiger charge is 2.37. The molecule has 0 spiro atoms. The highest BCUT2D eigenvalue weighted by Crippen LogP contribution is 2.23. The molecular formula is C18H25N5O3S. The standard InChI is InChI=1S/C18H25N5O3S/c24-18(19-8-7-15-13-21-9-2-1-6-17(21)20-15)22-10-3-5-16(14-22)23-11-4-12-27(23,25)26/h1-2,6,9,13,16H,3-5,7-8,10-12,14H2,(H,19,24). The van der Waals surface area contributed by atoms with Crippen molar-refractivity contribution >= 4 is 21.7 Å². The molecule has 2 amide bonds. The van der Waals surface area contributed by atoms with Gasteiger partial charge in [0.2, 0.25) is 10.0 Å². The van der Waals surface area contributed by atoms with Gasteiger partial charge in [-0.3, -0.25) is 0 Å². The van der Waals surface area contributed by atoms with Gasteiger partial charge in [-0.2, -0.15) is 4.31 Å². The fourth-order valence-corrected chi connectivity index (χ4v) is 5.72. The van der Waals surface area contributed by atoms with Gasteiger partial charge in [0.1, 0.15) is 5.65 Å². The Morgan fingerprint density at radius 3 is 2.93 bits per heavy atom. The highest BCUT2D eigenvalue weighted by molar-refractivity contribution is 7.89. The predicted octanol–water partition coefficient (Wildman–Crippen LogP) is 1.09. The first-order chi connectivity index (χ1) is 13.0. The Kier molecular flexibility index (Phi) is 5.05. The van der Waals surface area contributed by atoms with E-state index >= 15 is 0 Å². The third-order valence-corrected chi connectivity index (χ3v) is 7.30. The van der Waals surface area contributed by atoms with Crippen LogP contribution in [-0.2, 0) is 16.4 Å². The molecule has 1 N–H and O–H groups in total. The molecule has 146 valence electrons. The van der Waals surface area contributed by atoms with Crippen LogP contribution in [0.5, 0.6) is 0 Å². The summed E-state index contributed by atoms with van der Waals surface area (Å²) in [5.74, 6) is 0.231. The Morgan fingerprint density at radius 2 is 2.15 bits per heavy atom. The third-order valence-electron chi connectivity index (χ3n) is 5.30. The van der Waals surface area contributed by atoms with Crippen molar-refractivity contribution in [1.29, 1.82) is 0 Å². The molecule has 2 fully saturated rings. The number of piperidine rings is 1. The van der Waals surface area contributed by atoms with Crippen LogP contribution in [0.15, 0.2) is 30.6 Å². The molecule has 2 saturated heterocycles. The Hall–Kier alpha value is -2.13. The number of hydrogen-bond donors (Lipinski definition) is 1. The quantitative estimate of drug-likeness (QED) is 0.845. The topological polar surface area (TPSA) is 87.0 Å². The second kappa shape index (κ2) is 7.47. The summed E-state index contributed by atoms with van der Waals surface area (Å²) in [5, 5.41) is 2.95. The molecule has 1 unspecified atom stereocenters. The van der Waals surface area contributed by atoms with Crippen LogP contribution in [0.2, 0.25) is 0 Å². The van der Waals surface area contributed by atoms with Crippen molar-refractivity contribution in [2.24, 2.45) is 0 Å². The number of urea groups is 1. The number of pyridine rings is 1. The molecule has 2 aliphatic heterocycles. The number of aromatic nitrogens is 2. The first-order valence-electron chi connectivity index (χ1n) is 9.48. The number of likely N-dealkylation sites (tertiary alicyclic amines) is 1. The molecule has 2 aromatic heterocycles. The zero-order valence-electron chi connectivity index (χ0n) is 15.2. The third kappa shape index (κ3) is 3.93. The molecule has 9 heteroatoms. The monoisotopic (exact) mass is 391 g/mol. The number of sulfonamides is 1. The number of nitrogens with zero attached hydrogens (tertiary/aromatic N) is 4. The highest BCUT2D eigenvalue weighted by atomic mass is 32.2. The van der Waals surface area contributed by atoms with Crippen LogP contribution in [0.1, 0.15) is 25.0 Å². The number of amides is 2. The Labute approximate surface area is 159 Å². The molecular weight excluding hydrogens is 366 g/mol. The van der Waals surface area contributed by atoms with E-state index in [1.54, 1.807) is 9.21 Å². The summed E-state index contributed by atoms with van der Waals surface area (Å²) in [5.41, 5.74) is 1.82. The van der Waals surface area contributed by atoms with E-state index in [0.29, 0.717) is 39.0 Å². The lowest BCUT2D eigenvalue weighted by molar-refractivity contribution is 0.153. The van der Waals surface area contributed by atoms with Crippen LogP contribution in [-0.4, -0.2) is 71.0 Å². The first-order valence-corrected chi connectivity index (χ1v) is 11.1. The summed E-state index contributed by atoms with van der Waals surface area (Å²) in [6.45, 7) is 2.23. The van der Waals surface area contributed by atoms with Crippen molar-refractivity contribution in [3.8, 4) is 0 Å². The summed E-state index contributed by atoms with van der Waals surface area (Å²) in [6.07, 6.45) is 6.91. The molecule has 0 saturated carbocycles. The maximum atomic E-state index is 12.5. The number of rotatable bonds is 4. The normalized spacial score (nSPS) is 23.0. The van der Waals surface area contributed by atoms with Gasteiger partial charge in [0.15, 0.2) is 0 Å². The second-order valence-corrected chi connectivity index (χ2v) is 9.24. The van der Waals surface area contributed by atoms with Gasteiger partial charge >= 0.3 is 6.03 Å². The van der Waals surface area contributed by atoms with Gasteiger partial charge in [-0.1, -0.05) is 6.07 Å². The summed E-state index contributed by atoms with van der Waals surface area (Å²) < 4.78 is 27.8. The fraction of sp³-hybridized carbons (Fsp3) is 0.556. The van der Waals surface area contributed by atoms with Crippen molar-refractivity contribution in [2.45, 2.75) is 31.7 Å². The van der Waals surface area contributed by atoms with Gasteiger partial charge in [0.25, 0.3) is 0 Å². The first kappa shape index (κ1) is 18.2. The van der Waals surface area contributed by atoms with Crippen molar-refractivity contribution < 1.29 is 13.2 Å². The van der Waals surface area contributed by atoms with Gasteiger partial charge in [0.05, 0.1) is 11.4 Å². The number of imidazole rings is 1. The molecule has 4 rings (SSSR count). The van der Waals surface area contributed by atoms with E-state index in [2.05, 4.69) is 10.3 Å². The summed E-state index contributed by atoms with van der Waals surface area (Å²) >= 11 is 0. The molecule has 0 radical (unpaired) electrons. The zero-order chi connectivity index (χ0) is 18.9. The lowest BCUT2D eigenvalue weighted by Gasteiger charge is -2.36. The minimum atomic E-state index is -3.14. The molecule has 0 aromatic carbocycles. The van der Waals surface area contributed by atoms with Crippen molar-refractivity contribution in [1.82, 2.24) is 23.9 Å². The van der Waals surface area contributed by atoms with E-state index in [-0.39, 0.29) is 17.8 Å². The molecule has 8 nitrogen and oxygen atoms in total. The second-order valence-electron chi connectivity index (χ2n) is 7.20. The smallest absolute Gasteiger partial charge is 0.317 e. The summed E-state index contributed by atoms with van der Waals surface area (Å²) in [7, 11) is -3.14. The van der Waals surface area contributed by atoms with E-state index in [9.17, 15) is 13.2 Å². The molecule has 0 aliphatic carbocycles. The minimum Gasteiger partial charge on any atom is -0.338 e. The van der Waals surface area contributed by atoms with Crippen LogP contribution in [0.25, 0.3) is 5.65 Å². The van der Waals surface area contributed by atoms with E-state index < -0.39 is 10.0 Å². The van der Waals surface area contributed by atoms with Crippen LogP contribution >= 0.6 is 0 Å². The SMILES string of the molecule is O=C(NCCc1cn2ccccc2n1)N1CCCC(N2CCCS2(=O)=O)C1. The van der Waals surface area contributed by atoms with Crippen LogP contribution in [0.3, 0.4) is 0 Å². The molecule has 0 bridgehead atoms. The lowest BCUT2D eigenvalue weighted by Crippen LogP contribution is -2.52. The zero-order valence-corrected chi connectivity index (χ0v) is 16.1.